The molecule has 0 spiro atoms. The molecule has 136 valence electrons. The standard InChI is InChI=1S/C18H23N7S/c1-12-13(2)26-18(19-12)24-10-6-14(7-11-24)17-21-20-15-4-5-16(22-25(15)17)23-8-3-9-23/h4-5,14H,3,6-11H2,1-2H3. The van der Waals surface area contributed by atoms with Gasteiger partial charge >= 0.3 is 0 Å². The average Bonchev–Trinajstić information content (AvgIpc) is 3.17. The lowest BCUT2D eigenvalue weighted by molar-refractivity contribution is 0.476. The van der Waals surface area contributed by atoms with Gasteiger partial charge in [0.25, 0.3) is 0 Å². The minimum atomic E-state index is 0.405. The molecule has 2 aliphatic rings. The highest BCUT2D eigenvalue weighted by Crippen LogP contribution is 2.32. The Morgan fingerprint density at radius 1 is 1.00 bits per heavy atom. The van der Waals surface area contributed by atoms with E-state index in [9.17, 15) is 0 Å². The molecule has 0 radical (unpaired) electrons. The molecule has 3 aromatic rings. The summed E-state index contributed by atoms with van der Waals surface area (Å²) in [5.74, 6) is 2.45. The zero-order valence-electron chi connectivity index (χ0n) is 15.2. The average molecular weight is 369 g/mol. The van der Waals surface area contributed by atoms with E-state index in [0.717, 1.165) is 67.1 Å². The van der Waals surface area contributed by atoms with Crippen molar-refractivity contribution in [2.24, 2.45) is 0 Å². The molecule has 5 heterocycles. The Hall–Kier alpha value is -2.22. The van der Waals surface area contributed by atoms with Crippen molar-refractivity contribution >= 4 is 27.9 Å². The summed E-state index contributed by atoms with van der Waals surface area (Å²) in [6.45, 7) is 8.45. The minimum absolute atomic E-state index is 0.405. The molecule has 0 aromatic carbocycles. The first-order valence-corrected chi connectivity index (χ1v) is 10.2. The molecule has 0 saturated carbocycles. The van der Waals surface area contributed by atoms with E-state index in [1.54, 1.807) is 11.3 Å². The number of hydrogen-bond acceptors (Lipinski definition) is 7. The van der Waals surface area contributed by atoms with E-state index >= 15 is 0 Å². The molecule has 26 heavy (non-hydrogen) atoms. The number of thiazole rings is 1. The Balaban J connectivity index is 1.36. The van der Waals surface area contributed by atoms with Crippen LogP contribution in [0, 0.1) is 13.8 Å². The van der Waals surface area contributed by atoms with Crippen molar-refractivity contribution in [2.75, 3.05) is 36.0 Å². The third kappa shape index (κ3) is 2.63. The largest absolute Gasteiger partial charge is 0.355 e. The van der Waals surface area contributed by atoms with Gasteiger partial charge in [0.15, 0.2) is 16.6 Å². The topological polar surface area (TPSA) is 62.5 Å². The van der Waals surface area contributed by atoms with Crippen molar-refractivity contribution in [1.82, 2.24) is 24.8 Å². The van der Waals surface area contributed by atoms with Crippen molar-refractivity contribution in [1.29, 1.82) is 0 Å². The predicted octanol–water partition coefficient (Wildman–Crippen LogP) is 2.79. The summed E-state index contributed by atoms with van der Waals surface area (Å²) < 4.78 is 1.96. The SMILES string of the molecule is Cc1nc(N2CCC(c3nnc4ccc(N5CCC5)nn34)CC2)sc1C. The van der Waals surface area contributed by atoms with Crippen LogP contribution >= 0.6 is 11.3 Å². The first-order valence-electron chi connectivity index (χ1n) is 9.35. The monoisotopic (exact) mass is 369 g/mol. The third-order valence-corrected chi connectivity index (χ3v) is 6.73. The van der Waals surface area contributed by atoms with Gasteiger partial charge in [0, 0.05) is 37.0 Å². The lowest BCUT2D eigenvalue weighted by atomic mass is 9.96. The van der Waals surface area contributed by atoms with E-state index in [0.29, 0.717) is 5.92 Å². The Labute approximate surface area is 156 Å². The number of aryl methyl sites for hydroxylation is 2. The molecule has 2 fully saturated rings. The molecule has 0 atom stereocenters. The molecule has 5 rings (SSSR count). The Morgan fingerprint density at radius 3 is 2.46 bits per heavy atom. The van der Waals surface area contributed by atoms with Crippen molar-refractivity contribution in [2.45, 2.75) is 39.0 Å². The molecule has 8 heteroatoms. The molecule has 7 nitrogen and oxygen atoms in total. The fourth-order valence-corrected chi connectivity index (χ4v) is 4.65. The fraction of sp³-hybridized carbons (Fsp3) is 0.556. The second-order valence-corrected chi connectivity index (χ2v) is 8.44. The maximum Gasteiger partial charge on any atom is 0.185 e. The minimum Gasteiger partial charge on any atom is -0.355 e. The van der Waals surface area contributed by atoms with Crippen LogP contribution in [-0.4, -0.2) is 51.0 Å². The number of fused-ring (bicyclic) bond motifs is 1. The van der Waals surface area contributed by atoms with Crippen molar-refractivity contribution in [3.63, 3.8) is 0 Å². The Kier molecular flexibility index (Phi) is 3.81. The van der Waals surface area contributed by atoms with E-state index in [-0.39, 0.29) is 0 Å². The van der Waals surface area contributed by atoms with Crippen LogP contribution in [0.15, 0.2) is 12.1 Å². The van der Waals surface area contributed by atoms with E-state index < -0.39 is 0 Å². The van der Waals surface area contributed by atoms with Crippen molar-refractivity contribution in [3.05, 3.63) is 28.5 Å². The maximum atomic E-state index is 4.82. The van der Waals surface area contributed by atoms with E-state index in [4.69, 9.17) is 10.1 Å². The van der Waals surface area contributed by atoms with Crippen LogP contribution in [0.1, 0.15) is 41.6 Å². The Morgan fingerprint density at radius 2 is 1.81 bits per heavy atom. The summed E-state index contributed by atoms with van der Waals surface area (Å²) in [4.78, 5) is 10.7. The summed E-state index contributed by atoms with van der Waals surface area (Å²) >= 11 is 1.80. The van der Waals surface area contributed by atoms with Gasteiger partial charge < -0.3 is 9.80 Å². The second kappa shape index (κ2) is 6.19. The van der Waals surface area contributed by atoms with Gasteiger partial charge in [0.05, 0.1) is 5.69 Å². The van der Waals surface area contributed by atoms with E-state index in [2.05, 4.69) is 39.9 Å². The van der Waals surface area contributed by atoms with Crippen LogP contribution in [0.5, 0.6) is 0 Å². The summed E-state index contributed by atoms with van der Waals surface area (Å²) in [7, 11) is 0. The molecule has 0 unspecified atom stereocenters. The van der Waals surface area contributed by atoms with Gasteiger partial charge in [-0.25, -0.2) is 4.98 Å². The second-order valence-electron chi connectivity index (χ2n) is 7.26. The lowest BCUT2D eigenvalue weighted by Crippen LogP contribution is -2.38. The van der Waals surface area contributed by atoms with Gasteiger partial charge in [0.1, 0.15) is 5.82 Å². The summed E-state index contributed by atoms with van der Waals surface area (Å²) in [5, 5.41) is 14.8. The highest BCUT2D eigenvalue weighted by atomic mass is 32.1. The molecule has 2 saturated heterocycles. The lowest BCUT2D eigenvalue weighted by Gasteiger charge is -2.32. The first kappa shape index (κ1) is 16.0. The summed E-state index contributed by atoms with van der Waals surface area (Å²) in [5.41, 5.74) is 2.00. The molecule has 0 amide bonds. The van der Waals surface area contributed by atoms with Crippen molar-refractivity contribution in [3.8, 4) is 0 Å². The summed E-state index contributed by atoms with van der Waals surface area (Å²) in [6.07, 6.45) is 3.38. The third-order valence-electron chi connectivity index (χ3n) is 5.60. The van der Waals surface area contributed by atoms with Crippen LogP contribution in [0.3, 0.4) is 0 Å². The molecule has 0 N–H and O–H groups in total. The zero-order valence-corrected chi connectivity index (χ0v) is 16.0. The van der Waals surface area contributed by atoms with E-state index in [1.807, 2.05) is 10.6 Å². The predicted molar refractivity (Wildman–Crippen MR) is 103 cm³/mol. The smallest absolute Gasteiger partial charge is 0.185 e. The van der Waals surface area contributed by atoms with Gasteiger partial charge in [-0.15, -0.1) is 26.6 Å². The molecule has 0 aliphatic carbocycles. The molecular formula is C18H23N7S. The maximum absolute atomic E-state index is 4.82. The summed E-state index contributed by atoms with van der Waals surface area (Å²) in [6, 6.07) is 4.09. The van der Waals surface area contributed by atoms with Crippen molar-refractivity contribution < 1.29 is 0 Å². The van der Waals surface area contributed by atoms with Gasteiger partial charge in [-0.05, 0) is 45.2 Å². The molecule has 3 aromatic heterocycles. The van der Waals surface area contributed by atoms with Crippen LogP contribution in [-0.2, 0) is 0 Å². The quantitative estimate of drug-likeness (QED) is 0.707. The van der Waals surface area contributed by atoms with Gasteiger partial charge in [-0.3, -0.25) is 0 Å². The highest BCUT2D eigenvalue weighted by Gasteiger charge is 2.27. The van der Waals surface area contributed by atoms with Crippen LogP contribution in [0.2, 0.25) is 0 Å². The fourth-order valence-electron chi connectivity index (χ4n) is 3.68. The number of rotatable bonds is 3. The molecule has 0 bridgehead atoms. The Bertz CT molecular complexity index is 915. The molecular weight excluding hydrogens is 346 g/mol. The normalized spacial score (nSPS) is 18.5. The number of anilines is 2. The van der Waals surface area contributed by atoms with Gasteiger partial charge in [0.2, 0.25) is 0 Å². The van der Waals surface area contributed by atoms with Crippen LogP contribution in [0.25, 0.3) is 5.65 Å². The van der Waals surface area contributed by atoms with Crippen LogP contribution < -0.4 is 9.80 Å². The first-order chi connectivity index (χ1) is 12.7. The number of piperidine rings is 1. The number of aromatic nitrogens is 5. The number of nitrogens with zero attached hydrogens (tertiary/aromatic N) is 7. The highest BCUT2D eigenvalue weighted by molar-refractivity contribution is 7.15. The number of hydrogen-bond donors (Lipinski definition) is 0. The molecule has 2 aliphatic heterocycles. The van der Waals surface area contributed by atoms with E-state index in [1.165, 1.54) is 11.3 Å². The van der Waals surface area contributed by atoms with Gasteiger partial charge in [-0.2, -0.15) is 4.52 Å². The van der Waals surface area contributed by atoms with Crippen LogP contribution in [0.4, 0.5) is 10.9 Å². The van der Waals surface area contributed by atoms with Gasteiger partial charge in [-0.1, -0.05) is 0 Å². The zero-order chi connectivity index (χ0) is 17.7.